The molecule has 0 spiro atoms. The largest absolute Gasteiger partial charge is 0.340 e. The van der Waals surface area contributed by atoms with Crippen molar-refractivity contribution in [3.63, 3.8) is 0 Å². The molecule has 7 nitrogen and oxygen atoms in total. The van der Waals surface area contributed by atoms with Crippen LogP contribution in [0, 0.1) is 6.92 Å². The fourth-order valence-corrected chi connectivity index (χ4v) is 3.17. The van der Waals surface area contributed by atoms with Gasteiger partial charge >= 0.3 is 0 Å². The Hall–Kier alpha value is -2.15. The monoisotopic (exact) mass is 344 g/mol. The number of carbonyl (C=O) groups is 1. The highest BCUT2D eigenvalue weighted by Crippen LogP contribution is 2.11. The molecule has 2 aromatic rings. The Morgan fingerprint density at radius 2 is 1.96 bits per heavy atom. The molecule has 136 valence electrons. The van der Waals surface area contributed by atoms with Crippen LogP contribution in [0.2, 0.25) is 0 Å². The lowest BCUT2D eigenvalue weighted by molar-refractivity contribution is -0.131. The van der Waals surface area contributed by atoms with Crippen molar-refractivity contribution in [1.29, 1.82) is 0 Å². The van der Waals surface area contributed by atoms with Crippen LogP contribution >= 0.6 is 0 Å². The van der Waals surface area contributed by atoms with E-state index in [-0.39, 0.29) is 5.91 Å². The second-order valence-corrected chi connectivity index (χ2v) is 7.15. The van der Waals surface area contributed by atoms with Gasteiger partial charge in [0, 0.05) is 56.7 Å². The first-order valence-electron chi connectivity index (χ1n) is 9.03. The second kappa shape index (κ2) is 7.82. The Kier molecular flexibility index (Phi) is 5.53. The first-order chi connectivity index (χ1) is 12.0. The molecule has 0 N–H and O–H groups in total. The SMILES string of the molecule is Cc1cnn(CC(=O)N2CCCN(Cc3cnn(C(C)C)c3)CC2)c1. The van der Waals surface area contributed by atoms with E-state index < -0.39 is 0 Å². The van der Waals surface area contributed by atoms with Crippen LogP contribution < -0.4 is 0 Å². The fraction of sp³-hybridized carbons (Fsp3) is 0.611. The molecule has 25 heavy (non-hydrogen) atoms. The van der Waals surface area contributed by atoms with Gasteiger partial charge < -0.3 is 4.90 Å². The average molecular weight is 344 g/mol. The fourth-order valence-electron chi connectivity index (χ4n) is 3.17. The van der Waals surface area contributed by atoms with E-state index >= 15 is 0 Å². The maximum Gasteiger partial charge on any atom is 0.244 e. The van der Waals surface area contributed by atoms with Crippen molar-refractivity contribution < 1.29 is 4.79 Å². The van der Waals surface area contributed by atoms with Gasteiger partial charge in [-0.2, -0.15) is 10.2 Å². The molecule has 1 saturated heterocycles. The summed E-state index contributed by atoms with van der Waals surface area (Å²) < 4.78 is 3.72. The minimum absolute atomic E-state index is 0.151. The van der Waals surface area contributed by atoms with E-state index in [1.807, 2.05) is 28.9 Å². The van der Waals surface area contributed by atoms with Crippen molar-refractivity contribution in [2.24, 2.45) is 0 Å². The van der Waals surface area contributed by atoms with Gasteiger partial charge in [-0.05, 0) is 32.8 Å². The third-order valence-corrected chi connectivity index (χ3v) is 4.59. The summed E-state index contributed by atoms with van der Waals surface area (Å²) in [5.74, 6) is 0.151. The van der Waals surface area contributed by atoms with Gasteiger partial charge in [0.2, 0.25) is 5.91 Å². The van der Waals surface area contributed by atoms with Crippen LogP contribution in [-0.2, 0) is 17.9 Å². The number of hydrogen-bond acceptors (Lipinski definition) is 4. The molecule has 0 bridgehead atoms. The van der Waals surface area contributed by atoms with Gasteiger partial charge in [-0.3, -0.25) is 19.1 Å². The lowest BCUT2D eigenvalue weighted by atomic mass is 10.3. The Labute approximate surface area is 149 Å². The molecule has 0 radical (unpaired) electrons. The van der Waals surface area contributed by atoms with Crippen LogP contribution in [0.3, 0.4) is 0 Å². The average Bonchev–Trinajstić information content (AvgIpc) is 3.12. The minimum atomic E-state index is 0.151. The number of hydrogen-bond donors (Lipinski definition) is 0. The standard InChI is InChI=1S/C18H28N6O/c1-15(2)24-13-17(10-20-24)12-21-5-4-6-22(8-7-21)18(25)14-23-11-16(3)9-19-23/h9-11,13,15H,4-8,12,14H2,1-3H3. The van der Waals surface area contributed by atoms with Gasteiger partial charge in [0.1, 0.15) is 6.54 Å². The summed E-state index contributed by atoms with van der Waals surface area (Å²) in [6.45, 7) is 11.0. The van der Waals surface area contributed by atoms with Crippen molar-refractivity contribution in [2.75, 3.05) is 26.2 Å². The molecule has 2 aromatic heterocycles. The topological polar surface area (TPSA) is 59.2 Å². The summed E-state index contributed by atoms with van der Waals surface area (Å²) in [7, 11) is 0. The molecule has 0 saturated carbocycles. The zero-order chi connectivity index (χ0) is 17.8. The highest BCUT2D eigenvalue weighted by atomic mass is 16.2. The number of carbonyl (C=O) groups excluding carboxylic acids is 1. The van der Waals surface area contributed by atoms with Gasteiger partial charge in [-0.15, -0.1) is 0 Å². The van der Waals surface area contributed by atoms with Crippen molar-refractivity contribution in [3.05, 3.63) is 35.9 Å². The van der Waals surface area contributed by atoms with Crippen LogP contribution in [-0.4, -0.2) is 61.4 Å². The number of aromatic nitrogens is 4. The van der Waals surface area contributed by atoms with E-state index in [0.29, 0.717) is 12.6 Å². The van der Waals surface area contributed by atoms with Crippen LogP contribution in [0.25, 0.3) is 0 Å². The predicted octanol–water partition coefficient (Wildman–Crippen LogP) is 1.70. The number of amides is 1. The summed E-state index contributed by atoms with van der Waals surface area (Å²) in [5.41, 5.74) is 2.32. The Morgan fingerprint density at radius 3 is 2.64 bits per heavy atom. The summed E-state index contributed by atoms with van der Waals surface area (Å²) in [6.07, 6.45) is 8.78. The molecule has 7 heteroatoms. The summed E-state index contributed by atoms with van der Waals surface area (Å²) in [4.78, 5) is 16.9. The summed E-state index contributed by atoms with van der Waals surface area (Å²) >= 11 is 0. The van der Waals surface area contributed by atoms with E-state index in [2.05, 4.69) is 35.1 Å². The number of rotatable bonds is 5. The highest BCUT2D eigenvalue weighted by molar-refractivity contribution is 5.75. The maximum absolute atomic E-state index is 12.5. The lowest BCUT2D eigenvalue weighted by Crippen LogP contribution is -2.37. The van der Waals surface area contributed by atoms with E-state index in [0.717, 1.165) is 44.7 Å². The molecule has 0 atom stereocenters. The maximum atomic E-state index is 12.5. The van der Waals surface area contributed by atoms with Crippen molar-refractivity contribution in [1.82, 2.24) is 29.4 Å². The molecule has 0 aromatic carbocycles. The third-order valence-electron chi connectivity index (χ3n) is 4.59. The summed E-state index contributed by atoms with van der Waals surface area (Å²) in [5, 5.41) is 8.62. The first-order valence-corrected chi connectivity index (χ1v) is 9.03. The molecular weight excluding hydrogens is 316 g/mol. The Bertz CT molecular complexity index is 704. The Morgan fingerprint density at radius 1 is 1.12 bits per heavy atom. The van der Waals surface area contributed by atoms with Crippen molar-refractivity contribution in [2.45, 2.75) is 46.3 Å². The van der Waals surface area contributed by atoms with Crippen LogP contribution in [0.4, 0.5) is 0 Å². The van der Waals surface area contributed by atoms with Gasteiger partial charge in [0.05, 0.1) is 12.4 Å². The number of aryl methyl sites for hydroxylation is 1. The molecule has 0 aliphatic carbocycles. The van der Waals surface area contributed by atoms with Crippen LogP contribution in [0.1, 0.15) is 37.4 Å². The van der Waals surface area contributed by atoms with Crippen molar-refractivity contribution >= 4 is 5.91 Å². The lowest BCUT2D eigenvalue weighted by Gasteiger charge is -2.21. The molecule has 0 unspecified atom stereocenters. The molecule has 1 fully saturated rings. The smallest absolute Gasteiger partial charge is 0.244 e. The molecule has 3 heterocycles. The first kappa shape index (κ1) is 17.7. The second-order valence-electron chi connectivity index (χ2n) is 7.15. The van der Waals surface area contributed by atoms with Gasteiger partial charge in [-0.25, -0.2) is 0 Å². The quantitative estimate of drug-likeness (QED) is 0.828. The zero-order valence-corrected chi connectivity index (χ0v) is 15.4. The highest BCUT2D eigenvalue weighted by Gasteiger charge is 2.20. The molecule has 1 aliphatic heterocycles. The normalized spacial score (nSPS) is 16.4. The van der Waals surface area contributed by atoms with Crippen molar-refractivity contribution in [3.8, 4) is 0 Å². The Balaban J connectivity index is 1.51. The number of nitrogens with zero attached hydrogens (tertiary/aromatic N) is 6. The van der Waals surface area contributed by atoms with Gasteiger partial charge in [0.15, 0.2) is 0 Å². The van der Waals surface area contributed by atoms with E-state index in [4.69, 9.17) is 0 Å². The molecule has 1 amide bonds. The third kappa shape index (κ3) is 4.69. The molecule has 1 aliphatic rings. The predicted molar refractivity (Wildman–Crippen MR) is 96.1 cm³/mol. The van der Waals surface area contributed by atoms with E-state index in [1.165, 1.54) is 5.56 Å². The molecule has 3 rings (SSSR count). The molecular formula is C18H28N6O. The van der Waals surface area contributed by atoms with E-state index in [9.17, 15) is 4.79 Å². The van der Waals surface area contributed by atoms with Crippen LogP contribution in [0.5, 0.6) is 0 Å². The van der Waals surface area contributed by atoms with Crippen LogP contribution in [0.15, 0.2) is 24.8 Å². The zero-order valence-electron chi connectivity index (χ0n) is 15.4. The van der Waals surface area contributed by atoms with Gasteiger partial charge in [0.25, 0.3) is 0 Å². The van der Waals surface area contributed by atoms with Gasteiger partial charge in [-0.1, -0.05) is 0 Å². The minimum Gasteiger partial charge on any atom is -0.340 e. The summed E-state index contributed by atoms with van der Waals surface area (Å²) in [6, 6.07) is 0.386. The van der Waals surface area contributed by atoms with E-state index in [1.54, 1.807) is 10.9 Å².